The average molecular weight is 294 g/mol. The first-order valence-corrected chi connectivity index (χ1v) is 7.60. The zero-order chi connectivity index (χ0) is 15.4. The summed E-state index contributed by atoms with van der Waals surface area (Å²) in [4.78, 5) is 4.36. The fourth-order valence-electron chi connectivity index (χ4n) is 2.68. The van der Waals surface area contributed by atoms with Crippen LogP contribution in [-0.4, -0.2) is 4.98 Å². The number of rotatable bonds is 5. The number of halogens is 1. The zero-order valence-corrected chi connectivity index (χ0v) is 12.4. The van der Waals surface area contributed by atoms with Crippen molar-refractivity contribution in [2.45, 2.75) is 25.7 Å². The van der Waals surface area contributed by atoms with Gasteiger partial charge in [-0.2, -0.15) is 0 Å². The van der Waals surface area contributed by atoms with Crippen LogP contribution in [0.3, 0.4) is 0 Å². The summed E-state index contributed by atoms with van der Waals surface area (Å²) in [6.45, 7) is 0. The highest BCUT2D eigenvalue weighted by molar-refractivity contribution is 5.80. The minimum atomic E-state index is -0.157. The predicted molar refractivity (Wildman–Crippen MR) is 89.2 cm³/mol. The molecule has 0 aliphatic carbocycles. The quantitative estimate of drug-likeness (QED) is 0.703. The third-order valence-electron chi connectivity index (χ3n) is 3.85. The van der Waals surface area contributed by atoms with Crippen LogP contribution in [0.25, 0.3) is 10.9 Å². The lowest BCUT2D eigenvalue weighted by Crippen LogP contribution is -1.92. The largest absolute Gasteiger partial charge is 0.384 e. The summed E-state index contributed by atoms with van der Waals surface area (Å²) < 4.78 is 13.1. The molecule has 2 nitrogen and oxygen atoms in total. The minimum Gasteiger partial charge on any atom is -0.384 e. The number of unbranched alkanes of at least 4 members (excludes halogenated alkanes) is 1. The van der Waals surface area contributed by atoms with E-state index in [9.17, 15) is 4.39 Å². The van der Waals surface area contributed by atoms with E-state index in [0.29, 0.717) is 5.82 Å². The molecule has 0 aliphatic heterocycles. The van der Waals surface area contributed by atoms with Crippen LogP contribution in [0.15, 0.2) is 54.6 Å². The Morgan fingerprint density at radius 1 is 0.864 bits per heavy atom. The van der Waals surface area contributed by atoms with Gasteiger partial charge >= 0.3 is 0 Å². The molecule has 2 aromatic carbocycles. The van der Waals surface area contributed by atoms with Crippen LogP contribution in [0.4, 0.5) is 10.2 Å². The third kappa shape index (κ3) is 3.61. The van der Waals surface area contributed by atoms with Crippen molar-refractivity contribution in [3.05, 3.63) is 71.5 Å². The summed E-state index contributed by atoms with van der Waals surface area (Å²) in [5.74, 6) is 0.395. The van der Waals surface area contributed by atoms with Gasteiger partial charge in [0.25, 0.3) is 0 Å². The number of nitrogen functional groups attached to an aromatic ring is 1. The molecule has 1 aromatic heterocycles. The first-order chi connectivity index (χ1) is 10.7. The monoisotopic (exact) mass is 294 g/mol. The highest BCUT2D eigenvalue weighted by Gasteiger charge is 2.00. The molecule has 3 heteroatoms. The van der Waals surface area contributed by atoms with E-state index >= 15 is 0 Å². The van der Waals surface area contributed by atoms with Gasteiger partial charge in [0, 0.05) is 5.39 Å². The molecule has 0 saturated carbocycles. The van der Waals surface area contributed by atoms with Gasteiger partial charge in [-0.15, -0.1) is 0 Å². The van der Waals surface area contributed by atoms with Crippen molar-refractivity contribution in [3.8, 4) is 0 Å². The number of benzene rings is 2. The Morgan fingerprint density at radius 2 is 1.59 bits per heavy atom. The van der Waals surface area contributed by atoms with Gasteiger partial charge in [0.1, 0.15) is 11.6 Å². The number of nitrogens with two attached hydrogens (primary N) is 1. The molecule has 0 spiro atoms. The Balaban J connectivity index is 1.57. The van der Waals surface area contributed by atoms with Gasteiger partial charge in [-0.3, -0.25) is 0 Å². The van der Waals surface area contributed by atoms with Gasteiger partial charge in [-0.05, 0) is 67.1 Å². The van der Waals surface area contributed by atoms with Gasteiger partial charge in [0.2, 0.25) is 0 Å². The molecule has 3 aromatic rings. The summed E-state index contributed by atoms with van der Waals surface area (Å²) in [6.07, 6.45) is 4.04. The molecule has 112 valence electrons. The lowest BCUT2D eigenvalue weighted by atomic mass is 10.0. The van der Waals surface area contributed by atoms with E-state index in [2.05, 4.69) is 23.2 Å². The molecule has 0 atom stereocenters. The minimum absolute atomic E-state index is 0.157. The van der Waals surface area contributed by atoms with Crippen molar-refractivity contribution in [2.75, 3.05) is 5.73 Å². The molecule has 0 radical (unpaired) electrons. The SMILES string of the molecule is Nc1ccc2ccc(CCCCc3cccc(F)c3)cc2n1. The smallest absolute Gasteiger partial charge is 0.124 e. The topological polar surface area (TPSA) is 38.9 Å². The third-order valence-corrected chi connectivity index (χ3v) is 3.85. The van der Waals surface area contributed by atoms with Crippen LogP contribution >= 0.6 is 0 Å². The Hall–Kier alpha value is -2.42. The molecular formula is C19H19FN2. The van der Waals surface area contributed by atoms with E-state index < -0.39 is 0 Å². The molecular weight excluding hydrogens is 275 g/mol. The van der Waals surface area contributed by atoms with Crippen molar-refractivity contribution in [2.24, 2.45) is 0 Å². The summed E-state index contributed by atoms with van der Waals surface area (Å²) in [5.41, 5.74) is 9.01. The maximum atomic E-state index is 13.1. The average Bonchev–Trinajstić information content (AvgIpc) is 2.51. The first kappa shape index (κ1) is 14.5. The molecule has 0 fully saturated rings. The Kier molecular flexibility index (Phi) is 4.33. The lowest BCUT2D eigenvalue weighted by molar-refractivity contribution is 0.623. The van der Waals surface area contributed by atoms with Crippen molar-refractivity contribution in [1.29, 1.82) is 0 Å². The number of nitrogens with zero attached hydrogens (tertiary/aromatic N) is 1. The molecule has 3 rings (SSSR count). The lowest BCUT2D eigenvalue weighted by Gasteiger charge is -2.05. The molecule has 2 N–H and O–H groups in total. The molecule has 0 bridgehead atoms. The molecule has 0 unspecified atom stereocenters. The van der Waals surface area contributed by atoms with Crippen molar-refractivity contribution in [3.63, 3.8) is 0 Å². The van der Waals surface area contributed by atoms with Crippen molar-refractivity contribution in [1.82, 2.24) is 4.98 Å². The summed E-state index contributed by atoms with van der Waals surface area (Å²) in [6, 6.07) is 17.0. The zero-order valence-electron chi connectivity index (χ0n) is 12.4. The van der Waals surface area contributed by atoms with Crippen LogP contribution in [0.2, 0.25) is 0 Å². The van der Waals surface area contributed by atoms with Gasteiger partial charge in [-0.1, -0.05) is 24.3 Å². The van der Waals surface area contributed by atoms with Crippen molar-refractivity contribution < 1.29 is 4.39 Å². The predicted octanol–water partition coefficient (Wildman–Crippen LogP) is 4.52. The fourth-order valence-corrected chi connectivity index (χ4v) is 2.68. The first-order valence-electron chi connectivity index (χ1n) is 7.60. The summed E-state index contributed by atoms with van der Waals surface area (Å²) >= 11 is 0. The molecule has 0 aliphatic rings. The van der Waals surface area contributed by atoms with Gasteiger partial charge in [-0.25, -0.2) is 9.37 Å². The fraction of sp³-hybridized carbons (Fsp3) is 0.211. The molecule has 0 amide bonds. The summed E-state index contributed by atoms with van der Waals surface area (Å²) in [5, 5.41) is 1.11. The maximum Gasteiger partial charge on any atom is 0.124 e. The van der Waals surface area contributed by atoms with E-state index in [1.807, 2.05) is 18.2 Å². The van der Waals surface area contributed by atoms with Gasteiger partial charge in [0.15, 0.2) is 0 Å². The number of fused-ring (bicyclic) bond motifs is 1. The number of hydrogen-bond acceptors (Lipinski definition) is 2. The van der Waals surface area contributed by atoms with E-state index in [1.165, 1.54) is 11.6 Å². The number of anilines is 1. The second-order valence-electron chi connectivity index (χ2n) is 5.60. The van der Waals surface area contributed by atoms with Crippen LogP contribution in [0.5, 0.6) is 0 Å². The maximum absolute atomic E-state index is 13.1. The second kappa shape index (κ2) is 6.56. The van der Waals surface area contributed by atoms with Crippen molar-refractivity contribution >= 4 is 16.7 Å². The Labute approximate surface area is 129 Å². The van der Waals surface area contributed by atoms with E-state index in [1.54, 1.807) is 12.1 Å². The number of hydrogen-bond donors (Lipinski definition) is 1. The van der Waals surface area contributed by atoms with Crippen LogP contribution < -0.4 is 5.73 Å². The highest BCUT2D eigenvalue weighted by Crippen LogP contribution is 2.17. The molecule has 22 heavy (non-hydrogen) atoms. The molecule has 1 heterocycles. The Bertz CT molecular complexity index is 783. The second-order valence-corrected chi connectivity index (χ2v) is 5.60. The Morgan fingerprint density at radius 3 is 2.36 bits per heavy atom. The number of aromatic nitrogens is 1. The number of aryl methyl sites for hydroxylation is 2. The van der Waals surface area contributed by atoms with Gasteiger partial charge < -0.3 is 5.73 Å². The highest BCUT2D eigenvalue weighted by atomic mass is 19.1. The van der Waals surface area contributed by atoms with Crippen LogP contribution in [0.1, 0.15) is 24.0 Å². The summed E-state index contributed by atoms with van der Waals surface area (Å²) in [7, 11) is 0. The van der Waals surface area contributed by atoms with Crippen LogP contribution in [0, 0.1) is 5.82 Å². The molecule has 0 saturated heterocycles. The van der Waals surface area contributed by atoms with E-state index in [4.69, 9.17) is 5.73 Å². The standard InChI is InChI=1S/C19H19FN2/c20-17-7-3-6-14(12-17)4-1-2-5-15-8-9-16-10-11-19(21)22-18(16)13-15/h3,6-13H,1-2,4-5H2,(H2,21,22). The normalized spacial score (nSPS) is 11.0. The van der Waals surface area contributed by atoms with Crippen LogP contribution in [-0.2, 0) is 12.8 Å². The van der Waals surface area contributed by atoms with Gasteiger partial charge in [0.05, 0.1) is 5.52 Å². The van der Waals surface area contributed by atoms with E-state index in [-0.39, 0.29) is 5.82 Å². The number of pyridine rings is 1. The van der Waals surface area contributed by atoms with E-state index in [0.717, 1.165) is 42.1 Å².